The molecule has 2 N–H and O–H groups in total. The Hall–Kier alpha value is -0.610. The summed E-state index contributed by atoms with van der Waals surface area (Å²) in [5.41, 5.74) is -1.32. The Balaban J connectivity index is 3.85. The molecule has 0 aromatic heterocycles. The summed E-state index contributed by atoms with van der Waals surface area (Å²) >= 11 is 0. The fourth-order valence-corrected chi connectivity index (χ4v) is 0.692. The van der Waals surface area contributed by atoms with E-state index >= 15 is 0 Å². The van der Waals surface area contributed by atoms with Crippen LogP contribution in [-0.4, -0.2) is 36.4 Å². The number of carbonyl (C=O) groups is 1. The van der Waals surface area contributed by atoms with Gasteiger partial charge in [0, 0.05) is 13.2 Å². The lowest BCUT2D eigenvalue weighted by Gasteiger charge is -2.20. The lowest BCUT2D eigenvalue weighted by molar-refractivity contribution is -0.137. The van der Waals surface area contributed by atoms with Gasteiger partial charge in [0.1, 0.15) is 5.60 Å². The fourth-order valence-electron chi connectivity index (χ4n) is 0.692. The van der Waals surface area contributed by atoms with Crippen molar-refractivity contribution in [3.8, 4) is 0 Å². The summed E-state index contributed by atoms with van der Waals surface area (Å²) in [4.78, 5) is 11.1. The van der Waals surface area contributed by atoms with Gasteiger partial charge in [0.15, 0.2) is 0 Å². The van der Waals surface area contributed by atoms with Crippen LogP contribution in [0.1, 0.15) is 20.8 Å². The van der Waals surface area contributed by atoms with Crippen LogP contribution in [0, 0.1) is 0 Å². The first-order valence-corrected chi connectivity index (χ1v) is 3.90. The van der Waals surface area contributed by atoms with E-state index in [4.69, 9.17) is 4.74 Å². The number of hydrogen-bond donors (Lipinski definition) is 2. The highest BCUT2D eigenvalue weighted by Crippen LogP contribution is 2.00. The van der Waals surface area contributed by atoms with Crippen molar-refractivity contribution >= 4 is 5.91 Å². The Labute approximate surface area is 72.9 Å². The van der Waals surface area contributed by atoms with Crippen LogP contribution in [0.2, 0.25) is 0 Å². The van der Waals surface area contributed by atoms with Gasteiger partial charge in [-0.3, -0.25) is 4.79 Å². The third kappa shape index (κ3) is 4.31. The van der Waals surface area contributed by atoms with Crippen molar-refractivity contribution in [1.82, 2.24) is 5.32 Å². The monoisotopic (exact) mass is 175 g/mol. The van der Waals surface area contributed by atoms with Gasteiger partial charge < -0.3 is 15.2 Å². The lowest BCUT2D eigenvalue weighted by Crippen LogP contribution is -2.47. The summed E-state index contributed by atoms with van der Waals surface area (Å²) in [7, 11) is 1.56. The van der Waals surface area contributed by atoms with Gasteiger partial charge >= 0.3 is 0 Å². The van der Waals surface area contributed by atoms with Gasteiger partial charge in [-0.15, -0.1) is 0 Å². The van der Waals surface area contributed by atoms with Crippen LogP contribution in [0.25, 0.3) is 0 Å². The molecule has 1 atom stereocenters. The summed E-state index contributed by atoms with van der Waals surface area (Å²) in [5.74, 6) is -0.382. The highest BCUT2D eigenvalue weighted by atomic mass is 16.5. The van der Waals surface area contributed by atoms with Gasteiger partial charge in [-0.25, -0.2) is 0 Å². The van der Waals surface area contributed by atoms with E-state index in [9.17, 15) is 9.90 Å². The first-order chi connectivity index (χ1) is 5.38. The second-order valence-corrected chi connectivity index (χ2v) is 3.39. The number of nitrogens with one attached hydrogen (secondary N) is 1. The summed E-state index contributed by atoms with van der Waals surface area (Å²) in [6.07, 6.45) is 0. The molecule has 0 rings (SSSR count). The SMILES string of the molecule is COCC(C)NC(=O)C(C)(C)O. The summed E-state index contributed by atoms with van der Waals surface area (Å²) in [6.45, 7) is 5.15. The van der Waals surface area contributed by atoms with Crippen LogP contribution in [0.4, 0.5) is 0 Å². The van der Waals surface area contributed by atoms with Gasteiger partial charge in [0.2, 0.25) is 0 Å². The number of methoxy groups -OCH3 is 1. The molecule has 0 fully saturated rings. The minimum Gasteiger partial charge on any atom is -0.383 e. The van der Waals surface area contributed by atoms with Crippen molar-refractivity contribution in [2.45, 2.75) is 32.4 Å². The predicted molar refractivity (Wildman–Crippen MR) is 45.8 cm³/mol. The maximum Gasteiger partial charge on any atom is 0.251 e. The molecular formula is C8H17NO3. The molecule has 1 amide bonds. The second kappa shape index (κ2) is 4.42. The summed E-state index contributed by atoms with van der Waals surface area (Å²) < 4.78 is 4.82. The summed E-state index contributed by atoms with van der Waals surface area (Å²) in [5, 5.41) is 11.9. The molecule has 1 unspecified atom stereocenters. The Morgan fingerprint density at radius 3 is 2.50 bits per heavy atom. The zero-order valence-corrected chi connectivity index (χ0v) is 8.05. The van der Waals surface area contributed by atoms with E-state index in [0.717, 1.165) is 0 Å². The molecule has 0 saturated carbocycles. The topological polar surface area (TPSA) is 58.6 Å². The third-order valence-corrected chi connectivity index (χ3v) is 1.35. The van der Waals surface area contributed by atoms with Crippen molar-refractivity contribution in [2.24, 2.45) is 0 Å². The van der Waals surface area contributed by atoms with E-state index in [1.165, 1.54) is 13.8 Å². The Morgan fingerprint density at radius 2 is 2.17 bits per heavy atom. The second-order valence-electron chi connectivity index (χ2n) is 3.39. The standard InChI is InChI=1S/C8H17NO3/c1-6(5-12-4)9-7(10)8(2,3)11/h6,11H,5H2,1-4H3,(H,9,10). The van der Waals surface area contributed by atoms with Gasteiger partial charge in [-0.1, -0.05) is 0 Å². The predicted octanol–water partition coefficient (Wildman–Crippen LogP) is -0.0916. The number of aliphatic hydroxyl groups is 1. The number of carbonyl (C=O) groups excluding carboxylic acids is 1. The molecule has 4 heteroatoms. The molecule has 4 nitrogen and oxygen atoms in total. The van der Waals surface area contributed by atoms with Crippen molar-refractivity contribution in [3.63, 3.8) is 0 Å². The zero-order valence-electron chi connectivity index (χ0n) is 8.05. The number of ether oxygens (including phenoxy) is 1. The maximum atomic E-state index is 11.1. The van der Waals surface area contributed by atoms with Crippen molar-refractivity contribution in [1.29, 1.82) is 0 Å². The molecule has 0 aromatic carbocycles. The molecular weight excluding hydrogens is 158 g/mol. The van der Waals surface area contributed by atoms with Crippen LogP contribution in [0.5, 0.6) is 0 Å². The molecule has 0 spiro atoms. The Kier molecular flexibility index (Phi) is 4.20. The van der Waals surface area contributed by atoms with Crippen LogP contribution in [0.15, 0.2) is 0 Å². The van der Waals surface area contributed by atoms with Gasteiger partial charge in [0.25, 0.3) is 5.91 Å². The molecule has 12 heavy (non-hydrogen) atoms. The van der Waals surface area contributed by atoms with E-state index in [1.54, 1.807) is 7.11 Å². The van der Waals surface area contributed by atoms with E-state index in [2.05, 4.69) is 5.32 Å². The van der Waals surface area contributed by atoms with Crippen molar-refractivity contribution < 1.29 is 14.6 Å². The molecule has 0 aliphatic carbocycles. The largest absolute Gasteiger partial charge is 0.383 e. The highest BCUT2D eigenvalue weighted by molar-refractivity contribution is 5.84. The molecule has 0 heterocycles. The first kappa shape index (κ1) is 11.4. The minimum atomic E-state index is -1.32. The zero-order chi connectivity index (χ0) is 9.78. The normalized spacial score (nSPS) is 14.1. The first-order valence-electron chi connectivity index (χ1n) is 3.90. The smallest absolute Gasteiger partial charge is 0.251 e. The van der Waals surface area contributed by atoms with Crippen LogP contribution in [-0.2, 0) is 9.53 Å². The molecule has 0 aliphatic rings. The van der Waals surface area contributed by atoms with Crippen LogP contribution >= 0.6 is 0 Å². The molecule has 0 aliphatic heterocycles. The van der Waals surface area contributed by atoms with E-state index in [0.29, 0.717) is 6.61 Å². The fraction of sp³-hybridized carbons (Fsp3) is 0.875. The third-order valence-electron chi connectivity index (χ3n) is 1.35. The lowest BCUT2D eigenvalue weighted by atomic mass is 10.1. The molecule has 72 valence electrons. The Bertz CT molecular complexity index is 151. The van der Waals surface area contributed by atoms with Crippen LogP contribution in [0.3, 0.4) is 0 Å². The van der Waals surface area contributed by atoms with Crippen molar-refractivity contribution in [2.75, 3.05) is 13.7 Å². The minimum absolute atomic E-state index is 0.0751. The van der Waals surface area contributed by atoms with E-state index < -0.39 is 5.60 Å². The van der Waals surface area contributed by atoms with Gasteiger partial charge in [-0.05, 0) is 20.8 Å². The Morgan fingerprint density at radius 1 is 1.67 bits per heavy atom. The molecule has 0 radical (unpaired) electrons. The van der Waals surface area contributed by atoms with E-state index in [1.807, 2.05) is 6.92 Å². The van der Waals surface area contributed by atoms with Crippen molar-refractivity contribution in [3.05, 3.63) is 0 Å². The number of hydrogen-bond acceptors (Lipinski definition) is 3. The number of amides is 1. The molecule has 0 bridgehead atoms. The van der Waals surface area contributed by atoms with E-state index in [-0.39, 0.29) is 11.9 Å². The number of rotatable bonds is 4. The quantitative estimate of drug-likeness (QED) is 0.627. The average molecular weight is 175 g/mol. The highest BCUT2D eigenvalue weighted by Gasteiger charge is 2.24. The van der Waals surface area contributed by atoms with Crippen LogP contribution < -0.4 is 5.32 Å². The maximum absolute atomic E-state index is 11.1. The molecule has 0 aromatic rings. The molecule has 0 saturated heterocycles. The van der Waals surface area contributed by atoms with Gasteiger partial charge in [-0.2, -0.15) is 0 Å². The average Bonchev–Trinajstić information content (AvgIpc) is 1.85. The van der Waals surface area contributed by atoms with Gasteiger partial charge in [0.05, 0.1) is 6.61 Å². The summed E-state index contributed by atoms with van der Waals surface area (Å²) in [6, 6.07) is -0.0751.